The fourth-order valence-corrected chi connectivity index (χ4v) is 2.97. The minimum atomic E-state index is 0.799. The molecule has 1 atom stereocenters. The maximum atomic E-state index is 5.41. The highest BCUT2D eigenvalue weighted by molar-refractivity contribution is 4.75. The van der Waals surface area contributed by atoms with Crippen molar-refractivity contribution in [2.45, 2.75) is 51.5 Å². The molecule has 0 aromatic carbocycles. The molecule has 2 saturated heterocycles. The summed E-state index contributed by atoms with van der Waals surface area (Å²) in [5.74, 6) is 0.927. The molecule has 2 rings (SSSR count). The van der Waals surface area contributed by atoms with Crippen LogP contribution in [0.4, 0.5) is 0 Å². The summed E-state index contributed by atoms with van der Waals surface area (Å²) in [5, 5.41) is 0. The number of hydrogen-bond donors (Lipinski definition) is 0. The fourth-order valence-electron chi connectivity index (χ4n) is 2.97. The summed E-state index contributed by atoms with van der Waals surface area (Å²) < 4.78 is 5.41. The third kappa shape index (κ3) is 3.46. The maximum Gasteiger partial charge on any atom is 0.0468 e. The summed E-state index contributed by atoms with van der Waals surface area (Å²) in [6.07, 6.45) is 8.25. The Morgan fingerprint density at radius 1 is 1.13 bits per heavy atom. The van der Waals surface area contributed by atoms with Gasteiger partial charge < -0.3 is 9.64 Å². The minimum absolute atomic E-state index is 0.799. The Morgan fingerprint density at radius 3 is 2.47 bits per heavy atom. The molecule has 0 spiro atoms. The van der Waals surface area contributed by atoms with Crippen molar-refractivity contribution >= 4 is 0 Å². The molecule has 0 bridgehead atoms. The van der Waals surface area contributed by atoms with Gasteiger partial charge in [-0.25, -0.2) is 0 Å². The summed E-state index contributed by atoms with van der Waals surface area (Å²) >= 11 is 0. The predicted molar refractivity (Wildman–Crippen MR) is 63.0 cm³/mol. The minimum Gasteiger partial charge on any atom is -0.381 e. The summed E-state index contributed by atoms with van der Waals surface area (Å²) in [7, 11) is 0. The van der Waals surface area contributed by atoms with Crippen LogP contribution in [0.3, 0.4) is 0 Å². The predicted octanol–water partition coefficient (Wildman–Crippen LogP) is 2.68. The average Bonchev–Trinajstić information content (AvgIpc) is 2.31. The second-order valence-electron chi connectivity index (χ2n) is 5.24. The lowest BCUT2D eigenvalue weighted by Gasteiger charge is -2.35. The van der Waals surface area contributed by atoms with Crippen LogP contribution >= 0.6 is 0 Å². The van der Waals surface area contributed by atoms with Crippen LogP contribution < -0.4 is 0 Å². The highest BCUT2D eigenvalue weighted by atomic mass is 16.5. The molecule has 15 heavy (non-hydrogen) atoms. The average molecular weight is 211 g/mol. The van der Waals surface area contributed by atoms with Gasteiger partial charge in [-0.15, -0.1) is 0 Å². The van der Waals surface area contributed by atoms with Crippen molar-refractivity contribution in [1.82, 2.24) is 4.90 Å². The van der Waals surface area contributed by atoms with Crippen molar-refractivity contribution in [3.05, 3.63) is 0 Å². The molecule has 2 heterocycles. The number of ether oxygens (including phenoxy) is 1. The van der Waals surface area contributed by atoms with Crippen LogP contribution in [0.2, 0.25) is 0 Å². The van der Waals surface area contributed by atoms with Crippen molar-refractivity contribution in [2.75, 3.05) is 26.3 Å². The third-order valence-electron chi connectivity index (χ3n) is 4.03. The van der Waals surface area contributed by atoms with Crippen molar-refractivity contribution in [1.29, 1.82) is 0 Å². The lowest BCUT2D eigenvalue weighted by atomic mass is 9.92. The first-order valence-corrected chi connectivity index (χ1v) is 6.68. The van der Waals surface area contributed by atoms with Crippen LogP contribution in [-0.4, -0.2) is 37.2 Å². The summed E-state index contributed by atoms with van der Waals surface area (Å²) in [4.78, 5) is 2.69. The normalized spacial score (nSPS) is 27.8. The fraction of sp³-hybridized carbons (Fsp3) is 1.00. The van der Waals surface area contributed by atoms with Crippen molar-refractivity contribution < 1.29 is 4.74 Å². The molecule has 1 unspecified atom stereocenters. The molecule has 0 aromatic heterocycles. The summed E-state index contributed by atoms with van der Waals surface area (Å²) in [6, 6.07) is 0.799. The van der Waals surface area contributed by atoms with Crippen LogP contribution in [0.5, 0.6) is 0 Å². The van der Waals surface area contributed by atoms with Crippen LogP contribution in [0.25, 0.3) is 0 Å². The Balaban J connectivity index is 1.72. The first-order valence-electron chi connectivity index (χ1n) is 6.68. The van der Waals surface area contributed by atoms with Crippen molar-refractivity contribution in [3.8, 4) is 0 Å². The number of nitrogens with zero attached hydrogens (tertiary/aromatic N) is 1. The van der Waals surface area contributed by atoms with Gasteiger partial charge in [-0.3, -0.25) is 0 Å². The molecule has 2 aliphatic heterocycles. The molecule has 88 valence electrons. The van der Waals surface area contributed by atoms with E-state index in [1.54, 1.807) is 0 Å². The molecule has 2 nitrogen and oxygen atoms in total. The summed E-state index contributed by atoms with van der Waals surface area (Å²) in [5.41, 5.74) is 0. The molecule has 0 aromatic rings. The molecular formula is C13H25NO. The zero-order valence-corrected chi connectivity index (χ0v) is 10.1. The molecule has 0 radical (unpaired) electrons. The van der Waals surface area contributed by atoms with Gasteiger partial charge in [0.05, 0.1) is 0 Å². The van der Waals surface area contributed by atoms with Crippen LogP contribution in [0.15, 0.2) is 0 Å². The number of hydrogen-bond acceptors (Lipinski definition) is 2. The zero-order valence-electron chi connectivity index (χ0n) is 10.1. The second-order valence-corrected chi connectivity index (χ2v) is 5.24. The van der Waals surface area contributed by atoms with Crippen LogP contribution in [-0.2, 0) is 4.74 Å². The molecule has 2 heteroatoms. The Labute approximate surface area is 94.0 Å². The van der Waals surface area contributed by atoms with Gasteiger partial charge in [-0.1, -0.05) is 6.42 Å². The van der Waals surface area contributed by atoms with Gasteiger partial charge >= 0.3 is 0 Å². The van der Waals surface area contributed by atoms with E-state index in [1.807, 2.05) is 0 Å². The number of likely N-dealkylation sites (tertiary alicyclic amines) is 1. The molecule has 2 aliphatic rings. The molecule has 0 saturated carbocycles. The first-order chi connectivity index (χ1) is 7.36. The number of piperidine rings is 1. The van der Waals surface area contributed by atoms with Gasteiger partial charge in [0.25, 0.3) is 0 Å². The van der Waals surface area contributed by atoms with Gasteiger partial charge in [-0.2, -0.15) is 0 Å². The van der Waals surface area contributed by atoms with Gasteiger partial charge in [0.2, 0.25) is 0 Å². The van der Waals surface area contributed by atoms with E-state index >= 15 is 0 Å². The largest absolute Gasteiger partial charge is 0.381 e. The van der Waals surface area contributed by atoms with E-state index in [-0.39, 0.29) is 0 Å². The smallest absolute Gasteiger partial charge is 0.0468 e. The standard InChI is InChI=1S/C13H25NO/c1-12(14-7-3-2-4-8-14)11-13-5-9-15-10-6-13/h12-13H,2-11H2,1H3. The van der Waals surface area contributed by atoms with Crippen LogP contribution in [0.1, 0.15) is 45.4 Å². The lowest BCUT2D eigenvalue weighted by molar-refractivity contribution is 0.0506. The highest BCUT2D eigenvalue weighted by Gasteiger charge is 2.21. The topological polar surface area (TPSA) is 12.5 Å². The monoisotopic (exact) mass is 211 g/mol. The molecule has 0 amide bonds. The highest BCUT2D eigenvalue weighted by Crippen LogP contribution is 2.23. The Hall–Kier alpha value is -0.0800. The molecular weight excluding hydrogens is 186 g/mol. The van der Waals surface area contributed by atoms with E-state index in [0.29, 0.717) is 0 Å². The second kappa shape index (κ2) is 5.86. The lowest BCUT2D eigenvalue weighted by Crippen LogP contribution is -2.39. The van der Waals surface area contributed by atoms with Crippen molar-refractivity contribution in [3.63, 3.8) is 0 Å². The summed E-state index contributed by atoms with van der Waals surface area (Å²) in [6.45, 7) is 7.09. The molecule has 0 N–H and O–H groups in total. The van der Waals surface area contributed by atoms with E-state index in [1.165, 1.54) is 51.6 Å². The van der Waals surface area contributed by atoms with E-state index in [2.05, 4.69) is 11.8 Å². The van der Waals surface area contributed by atoms with E-state index < -0.39 is 0 Å². The Bertz CT molecular complexity index is 171. The Morgan fingerprint density at radius 2 is 1.80 bits per heavy atom. The Kier molecular flexibility index (Phi) is 4.45. The van der Waals surface area contributed by atoms with Crippen molar-refractivity contribution in [2.24, 2.45) is 5.92 Å². The van der Waals surface area contributed by atoms with Gasteiger partial charge in [0.1, 0.15) is 0 Å². The van der Waals surface area contributed by atoms with Gasteiger partial charge in [0, 0.05) is 19.3 Å². The van der Waals surface area contributed by atoms with E-state index in [4.69, 9.17) is 4.74 Å². The molecule has 0 aliphatic carbocycles. The number of rotatable bonds is 3. The van der Waals surface area contributed by atoms with Gasteiger partial charge in [0.15, 0.2) is 0 Å². The third-order valence-corrected chi connectivity index (χ3v) is 4.03. The molecule has 2 fully saturated rings. The van der Waals surface area contributed by atoms with E-state index in [0.717, 1.165) is 25.2 Å². The zero-order chi connectivity index (χ0) is 10.5. The SMILES string of the molecule is CC(CC1CCOCC1)N1CCCCC1. The van der Waals surface area contributed by atoms with Crippen LogP contribution in [0, 0.1) is 5.92 Å². The maximum absolute atomic E-state index is 5.41. The van der Waals surface area contributed by atoms with E-state index in [9.17, 15) is 0 Å². The quantitative estimate of drug-likeness (QED) is 0.711. The first kappa shape index (κ1) is 11.4. The van der Waals surface area contributed by atoms with Gasteiger partial charge in [-0.05, 0) is 58.0 Å².